The molecule has 0 spiro atoms. The molecular weight excluding hydrogens is 332 g/mol. The molecule has 1 N–H and O–H groups in total. The predicted molar refractivity (Wildman–Crippen MR) is 85.2 cm³/mol. The van der Waals surface area contributed by atoms with Gasteiger partial charge in [-0.05, 0) is 31.0 Å². The van der Waals surface area contributed by atoms with Crippen LogP contribution in [0.1, 0.15) is 31.2 Å². The van der Waals surface area contributed by atoms with E-state index >= 15 is 0 Å². The van der Waals surface area contributed by atoms with E-state index in [4.69, 9.17) is 4.74 Å². The molecule has 0 saturated carbocycles. The molecule has 0 aromatic heterocycles. The third-order valence-corrected chi connectivity index (χ3v) is 4.65. The van der Waals surface area contributed by atoms with Crippen LogP contribution in [0.25, 0.3) is 0 Å². The quantitative estimate of drug-likeness (QED) is 0.833. The third-order valence-electron chi connectivity index (χ3n) is 4.65. The van der Waals surface area contributed by atoms with Crippen molar-refractivity contribution in [1.29, 1.82) is 0 Å². The first-order chi connectivity index (χ1) is 11.9. The number of aliphatic hydroxyl groups is 1. The van der Waals surface area contributed by atoms with Gasteiger partial charge < -0.3 is 19.5 Å². The van der Waals surface area contributed by atoms with Gasteiger partial charge in [0.1, 0.15) is 11.4 Å². The molecule has 5 nitrogen and oxygen atoms in total. The Labute approximate surface area is 144 Å². The fourth-order valence-electron chi connectivity index (χ4n) is 3.67. The molecule has 0 aliphatic carbocycles. The average molecular weight is 351 g/mol. The molecule has 7 heteroatoms. The van der Waals surface area contributed by atoms with Crippen LogP contribution >= 0.6 is 0 Å². The van der Waals surface area contributed by atoms with Crippen molar-refractivity contribution in [2.75, 3.05) is 7.11 Å². The van der Waals surface area contributed by atoms with E-state index < -0.39 is 12.2 Å². The Balaban J connectivity index is 1.74. The minimum atomic E-state index is -2.90. The number of hydrogen-bond acceptors (Lipinski definition) is 4. The lowest BCUT2D eigenvalue weighted by atomic mass is 9.86. The van der Waals surface area contributed by atoms with E-state index in [0.717, 1.165) is 12.8 Å². The van der Waals surface area contributed by atoms with Crippen LogP contribution in [-0.4, -0.2) is 47.5 Å². The van der Waals surface area contributed by atoms with Crippen LogP contribution < -0.4 is 4.74 Å². The number of fused-ring (bicyclic) bond motifs is 2. The highest BCUT2D eigenvalue weighted by molar-refractivity contribution is 5.69. The van der Waals surface area contributed by atoms with Crippen molar-refractivity contribution >= 4 is 6.09 Å². The molecule has 1 unspecified atom stereocenters. The van der Waals surface area contributed by atoms with Gasteiger partial charge in [0.15, 0.2) is 0 Å². The lowest BCUT2D eigenvalue weighted by Crippen LogP contribution is -2.52. The Morgan fingerprint density at radius 3 is 2.64 bits per heavy atom. The van der Waals surface area contributed by atoms with E-state index in [1.54, 1.807) is 17.0 Å². The van der Waals surface area contributed by atoms with Gasteiger partial charge in [0.05, 0.1) is 7.11 Å². The Kier molecular flexibility index (Phi) is 4.82. The molecule has 0 radical (unpaired) electrons. The topological polar surface area (TPSA) is 59.0 Å². The number of carbonyl (C=O) groups excluding carboxylic acids is 1. The van der Waals surface area contributed by atoms with Crippen LogP contribution in [0.5, 0.6) is 5.75 Å². The minimum absolute atomic E-state index is 0.0226. The number of halogens is 2. The summed E-state index contributed by atoms with van der Waals surface area (Å²) in [5, 5.41) is 10.8. The summed E-state index contributed by atoms with van der Waals surface area (Å²) in [7, 11) is 1.34. The number of nitrogens with zero attached hydrogens (tertiary/aromatic N) is 1. The maximum atomic E-state index is 12.3. The number of alkyl halides is 2. The highest BCUT2D eigenvalue weighted by Crippen LogP contribution is 2.40. The van der Waals surface area contributed by atoms with Gasteiger partial charge in [-0.1, -0.05) is 17.9 Å². The second kappa shape index (κ2) is 6.89. The second-order valence-electron chi connectivity index (χ2n) is 6.36. The Morgan fingerprint density at radius 1 is 1.36 bits per heavy atom. The van der Waals surface area contributed by atoms with Gasteiger partial charge in [-0.2, -0.15) is 8.78 Å². The number of methoxy groups -OCH3 is 1. The van der Waals surface area contributed by atoms with Gasteiger partial charge >= 0.3 is 12.7 Å². The molecule has 2 aliphatic rings. The Hall–Kier alpha value is -2.33. The zero-order valence-electron chi connectivity index (χ0n) is 13.7. The maximum absolute atomic E-state index is 12.3. The van der Waals surface area contributed by atoms with Crippen molar-refractivity contribution in [1.82, 2.24) is 4.90 Å². The molecule has 1 aromatic carbocycles. The molecule has 2 heterocycles. The number of hydrogen-bond donors (Lipinski definition) is 1. The maximum Gasteiger partial charge on any atom is 0.409 e. The fourth-order valence-corrected chi connectivity index (χ4v) is 3.67. The molecule has 3 rings (SSSR count). The van der Waals surface area contributed by atoms with Crippen molar-refractivity contribution in [2.24, 2.45) is 0 Å². The van der Waals surface area contributed by atoms with E-state index in [1.165, 1.54) is 19.2 Å². The number of carbonyl (C=O) groups is 1. The van der Waals surface area contributed by atoms with Crippen molar-refractivity contribution in [2.45, 2.75) is 50.0 Å². The summed E-state index contributed by atoms with van der Waals surface area (Å²) in [4.78, 5) is 13.5. The largest absolute Gasteiger partial charge is 0.453 e. The van der Waals surface area contributed by atoms with Gasteiger partial charge in [-0.3, -0.25) is 0 Å². The van der Waals surface area contributed by atoms with Crippen LogP contribution in [-0.2, 0) is 4.74 Å². The summed E-state index contributed by atoms with van der Waals surface area (Å²) in [5.41, 5.74) is -0.732. The van der Waals surface area contributed by atoms with E-state index in [0.29, 0.717) is 18.4 Å². The average Bonchev–Trinajstić information content (AvgIpc) is 2.85. The van der Waals surface area contributed by atoms with E-state index in [2.05, 4.69) is 16.6 Å². The van der Waals surface area contributed by atoms with E-state index in [1.807, 2.05) is 0 Å². The summed E-state index contributed by atoms with van der Waals surface area (Å²) >= 11 is 0. The standard InChI is InChI=1S/C18H19F2NO4/c1-24-17(22)21-13-5-6-14(21)11-18(23,10-13)8-7-12-3-2-4-15(9-12)25-16(19)20/h2-4,9,13-14,16,23H,5-6,10-11H2,1H3/t13-,14+,18?. The second-order valence-corrected chi connectivity index (χ2v) is 6.36. The highest BCUT2D eigenvalue weighted by atomic mass is 19.3. The number of piperidine rings is 1. The summed E-state index contributed by atoms with van der Waals surface area (Å²) < 4.78 is 33.7. The Bertz CT molecular complexity index is 699. The van der Waals surface area contributed by atoms with Crippen molar-refractivity contribution in [3.63, 3.8) is 0 Å². The summed E-state index contributed by atoms with van der Waals surface area (Å²) in [6.07, 6.45) is 1.93. The summed E-state index contributed by atoms with van der Waals surface area (Å²) in [6.45, 7) is -2.90. The van der Waals surface area contributed by atoms with Crippen LogP contribution in [0.4, 0.5) is 13.6 Å². The van der Waals surface area contributed by atoms with Gasteiger partial charge in [0, 0.05) is 30.5 Å². The zero-order chi connectivity index (χ0) is 18.0. The first kappa shape index (κ1) is 17.5. The molecule has 1 aromatic rings. The molecule has 2 bridgehead atoms. The molecule has 2 saturated heterocycles. The van der Waals surface area contributed by atoms with Crippen molar-refractivity contribution < 1.29 is 28.2 Å². The van der Waals surface area contributed by atoms with Crippen LogP contribution in [0.2, 0.25) is 0 Å². The number of ether oxygens (including phenoxy) is 2. The third kappa shape index (κ3) is 3.85. The Morgan fingerprint density at radius 2 is 2.04 bits per heavy atom. The van der Waals surface area contributed by atoms with Crippen molar-refractivity contribution in [3.05, 3.63) is 29.8 Å². The van der Waals surface area contributed by atoms with Crippen LogP contribution in [0.3, 0.4) is 0 Å². The highest BCUT2D eigenvalue weighted by Gasteiger charge is 2.49. The van der Waals surface area contributed by atoms with Gasteiger partial charge in [0.2, 0.25) is 0 Å². The molecule has 2 fully saturated rings. The molecule has 2 aliphatic heterocycles. The number of benzene rings is 1. The monoisotopic (exact) mass is 351 g/mol. The predicted octanol–water partition coefficient (Wildman–Crippen LogP) is 2.76. The smallest absolute Gasteiger partial charge is 0.409 e. The zero-order valence-corrected chi connectivity index (χ0v) is 13.7. The van der Waals surface area contributed by atoms with Crippen molar-refractivity contribution in [3.8, 4) is 17.6 Å². The fraction of sp³-hybridized carbons (Fsp3) is 0.500. The van der Waals surface area contributed by atoms with Gasteiger partial charge in [0.25, 0.3) is 0 Å². The molecule has 134 valence electrons. The molecule has 3 atom stereocenters. The summed E-state index contributed by atoms with van der Waals surface area (Å²) in [6, 6.07) is 5.85. The normalized spacial score (nSPS) is 27.6. The van der Waals surface area contributed by atoms with Crippen LogP contribution in [0, 0.1) is 11.8 Å². The molecule has 1 amide bonds. The van der Waals surface area contributed by atoms with E-state index in [9.17, 15) is 18.7 Å². The number of amides is 1. The summed E-state index contributed by atoms with van der Waals surface area (Å²) in [5.74, 6) is 5.72. The number of rotatable bonds is 2. The SMILES string of the molecule is COC(=O)N1[C@@H]2CC[C@H]1CC(O)(C#Cc1cccc(OC(F)F)c1)C2. The van der Waals surface area contributed by atoms with Crippen LogP contribution in [0.15, 0.2) is 24.3 Å². The lowest BCUT2D eigenvalue weighted by molar-refractivity contribution is -0.0498. The first-order valence-electron chi connectivity index (χ1n) is 8.07. The van der Waals surface area contributed by atoms with Gasteiger partial charge in [-0.15, -0.1) is 0 Å². The first-order valence-corrected chi connectivity index (χ1v) is 8.07. The van der Waals surface area contributed by atoms with Gasteiger partial charge in [-0.25, -0.2) is 4.79 Å². The molecular formula is C18H19F2NO4. The molecule has 25 heavy (non-hydrogen) atoms. The minimum Gasteiger partial charge on any atom is -0.453 e. The van der Waals surface area contributed by atoms with E-state index in [-0.39, 0.29) is 23.9 Å². The lowest BCUT2D eigenvalue weighted by Gasteiger charge is -2.40.